The minimum atomic E-state index is -1.25. The van der Waals surface area contributed by atoms with Gasteiger partial charge in [-0.2, -0.15) is 0 Å². The number of hydrogen-bond acceptors (Lipinski definition) is 7. The number of benzene rings is 2. The Labute approximate surface area is 247 Å². The number of carboxylic acids is 2. The van der Waals surface area contributed by atoms with E-state index in [0.717, 1.165) is 28.0 Å². The molecule has 0 amide bonds. The van der Waals surface area contributed by atoms with Crippen LogP contribution in [0.3, 0.4) is 0 Å². The third-order valence-electron chi connectivity index (χ3n) is 6.85. The summed E-state index contributed by atoms with van der Waals surface area (Å²) in [5.74, 6) is -0.567. The third-order valence-corrected chi connectivity index (χ3v) is 6.85. The van der Waals surface area contributed by atoms with E-state index in [-0.39, 0.29) is 11.1 Å². The van der Waals surface area contributed by atoms with Crippen LogP contribution < -0.4 is 25.3 Å². The summed E-state index contributed by atoms with van der Waals surface area (Å²) in [5.41, 5.74) is 3.47. The fraction of sp³-hybridized carbons (Fsp3) is 0.250. The Balaban J connectivity index is 0.000000236. The number of pyridine rings is 2. The highest BCUT2D eigenvalue weighted by atomic mass is 16.5. The number of aromatic carboxylic acids is 2. The molecule has 0 aliphatic rings. The molecule has 43 heavy (non-hydrogen) atoms. The van der Waals surface area contributed by atoms with Gasteiger partial charge in [0.15, 0.2) is 0 Å². The van der Waals surface area contributed by atoms with Crippen LogP contribution in [-0.4, -0.2) is 53.4 Å². The normalized spacial score (nSPS) is 10.4. The molecule has 2 aromatic carbocycles. The maximum Gasteiger partial charge on any atom is 0.341 e. The van der Waals surface area contributed by atoms with Crippen molar-refractivity contribution in [3.05, 3.63) is 97.1 Å². The molecule has 0 aliphatic carbocycles. The topological polar surface area (TPSA) is 168 Å². The molecular weight excluding hydrogens is 556 g/mol. The predicted octanol–water partition coefficient (Wildman–Crippen LogP) is 4.94. The van der Waals surface area contributed by atoms with Crippen molar-refractivity contribution in [2.75, 3.05) is 21.3 Å². The fourth-order valence-electron chi connectivity index (χ4n) is 4.55. The van der Waals surface area contributed by atoms with E-state index in [4.69, 9.17) is 24.4 Å². The van der Waals surface area contributed by atoms with E-state index in [2.05, 4.69) is 9.97 Å². The molecular formula is C32H34N2O9. The second-order valence-electron chi connectivity index (χ2n) is 9.39. The van der Waals surface area contributed by atoms with E-state index < -0.39 is 23.1 Å². The number of ether oxygens (including phenoxy) is 3. The van der Waals surface area contributed by atoms with Crippen molar-refractivity contribution in [2.45, 2.75) is 33.6 Å². The minimum absolute atomic E-state index is 0.234. The second kappa shape index (κ2) is 14.0. The number of carbonyl (C=O) groups is 2. The smallest absolute Gasteiger partial charge is 0.341 e. The predicted molar refractivity (Wildman–Crippen MR) is 162 cm³/mol. The van der Waals surface area contributed by atoms with Crippen LogP contribution in [0.15, 0.2) is 58.1 Å². The molecule has 0 radical (unpaired) electrons. The highest BCUT2D eigenvalue weighted by molar-refractivity contribution is 5.89. The fourth-order valence-corrected chi connectivity index (χ4v) is 4.55. The van der Waals surface area contributed by atoms with Crippen LogP contribution in [0.25, 0.3) is 22.5 Å². The SMILES string of the molecule is CCc1cc(C(=O)O)c(=O)[nH]c1-c1ccc(OC)cc1C.CCc1cc(C(=O)O)c(=O)[nH]c1-c1ccc(OC)cc1OC. The maximum absolute atomic E-state index is 11.9. The highest BCUT2D eigenvalue weighted by Gasteiger charge is 2.18. The van der Waals surface area contributed by atoms with Crippen LogP contribution >= 0.6 is 0 Å². The first-order valence-electron chi connectivity index (χ1n) is 13.4. The summed E-state index contributed by atoms with van der Waals surface area (Å²) >= 11 is 0. The lowest BCUT2D eigenvalue weighted by atomic mass is 9.98. The van der Waals surface area contributed by atoms with Gasteiger partial charge in [0.2, 0.25) is 0 Å². The number of H-pyrrole nitrogens is 2. The molecule has 4 N–H and O–H groups in total. The number of methoxy groups -OCH3 is 3. The van der Waals surface area contributed by atoms with Crippen LogP contribution in [0.5, 0.6) is 17.2 Å². The van der Waals surface area contributed by atoms with Crippen LogP contribution in [-0.2, 0) is 12.8 Å². The Morgan fingerprint density at radius 1 is 0.674 bits per heavy atom. The van der Waals surface area contributed by atoms with E-state index in [1.165, 1.54) is 19.2 Å². The Kier molecular flexibility index (Phi) is 10.5. The van der Waals surface area contributed by atoms with Gasteiger partial charge in [-0.25, -0.2) is 9.59 Å². The summed E-state index contributed by atoms with van der Waals surface area (Å²) in [6, 6.07) is 13.6. The average molecular weight is 591 g/mol. The zero-order valence-corrected chi connectivity index (χ0v) is 24.8. The molecule has 0 unspecified atom stereocenters. The van der Waals surface area contributed by atoms with Crippen molar-refractivity contribution >= 4 is 11.9 Å². The molecule has 0 spiro atoms. The molecule has 0 bridgehead atoms. The molecule has 0 saturated heterocycles. The van der Waals surface area contributed by atoms with Gasteiger partial charge < -0.3 is 34.4 Å². The standard InChI is InChI=1S/C16H17NO5.C16H17NO4/c1-4-9-7-12(16(19)20)15(18)17-14(9)11-6-5-10(21-2)8-13(11)22-3;1-4-10-8-13(16(19)20)15(18)17-14(10)12-6-5-11(21-3)7-9(12)2/h5-8H,4H2,1-3H3,(H,17,18)(H,19,20);5-8H,4H2,1-3H3,(H,17,18)(H,19,20). The van der Waals surface area contributed by atoms with E-state index in [0.29, 0.717) is 41.3 Å². The van der Waals surface area contributed by atoms with Crippen molar-refractivity contribution in [3.63, 3.8) is 0 Å². The van der Waals surface area contributed by atoms with Gasteiger partial charge in [-0.05, 0) is 78.9 Å². The van der Waals surface area contributed by atoms with Crippen molar-refractivity contribution in [2.24, 2.45) is 0 Å². The van der Waals surface area contributed by atoms with Gasteiger partial charge in [0.25, 0.3) is 11.1 Å². The van der Waals surface area contributed by atoms with Gasteiger partial charge in [-0.3, -0.25) is 9.59 Å². The van der Waals surface area contributed by atoms with E-state index >= 15 is 0 Å². The van der Waals surface area contributed by atoms with Gasteiger partial charge in [0, 0.05) is 17.2 Å². The Morgan fingerprint density at radius 2 is 1.12 bits per heavy atom. The Bertz CT molecular complexity index is 1770. The molecule has 0 aliphatic heterocycles. The van der Waals surface area contributed by atoms with Crippen LogP contribution in [0.1, 0.15) is 51.3 Å². The molecule has 0 saturated carbocycles. The van der Waals surface area contributed by atoms with Crippen LogP contribution in [0, 0.1) is 6.92 Å². The first kappa shape index (κ1) is 32.2. The number of aromatic amines is 2. The summed E-state index contributed by atoms with van der Waals surface area (Å²) < 4.78 is 15.7. The van der Waals surface area contributed by atoms with Crippen LogP contribution in [0.4, 0.5) is 0 Å². The van der Waals surface area contributed by atoms with E-state index in [9.17, 15) is 19.2 Å². The molecule has 226 valence electrons. The first-order valence-corrected chi connectivity index (χ1v) is 13.4. The molecule has 11 nitrogen and oxygen atoms in total. The molecule has 0 atom stereocenters. The average Bonchev–Trinajstić information content (AvgIpc) is 3.00. The van der Waals surface area contributed by atoms with Crippen molar-refractivity contribution in [1.82, 2.24) is 9.97 Å². The summed E-state index contributed by atoms with van der Waals surface area (Å²) in [6.07, 6.45) is 1.19. The summed E-state index contributed by atoms with van der Waals surface area (Å²) in [4.78, 5) is 51.3. The number of hydrogen-bond donors (Lipinski definition) is 4. The molecule has 2 heterocycles. The lowest BCUT2D eigenvalue weighted by Gasteiger charge is -2.13. The summed E-state index contributed by atoms with van der Waals surface area (Å²) in [6.45, 7) is 5.72. The van der Waals surface area contributed by atoms with E-state index in [1.54, 1.807) is 32.4 Å². The van der Waals surface area contributed by atoms with Gasteiger partial charge in [0.05, 0.1) is 32.7 Å². The molecule has 2 aromatic heterocycles. The zero-order chi connectivity index (χ0) is 31.8. The van der Waals surface area contributed by atoms with Gasteiger partial charge in [0.1, 0.15) is 28.4 Å². The number of aromatic nitrogens is 2. The zero-order valence-electron chi connectivity index (χ0n) is 24.8. The number of aryl methyl sites for hydroxylation is 3. The van der Waals surface area contributed by atoms with Crippen molar-refractivity contribution in [3.8, 4) is 39.8 Å². The monoisotopic (exact) mass is 590 g/mol. The largest absolute Gasteiger partial charge is 0.497 e. The minimum Gasteiger partial charge on any atom is -0.497 e. The van der Waals surface area contributed by atoms with Crippen LogP contribution in [0.2, 0.25) is 0 Å². The Hall–Kier alpha value is -5.32. The maximum atomic E-state index is 11.9. The van der Waals surface area contributed by atoms with Gasteiger partial charge in [-0.15, -0.1) is 0 Å². The summed E-state index contributed by atoms with van der Waals surface area (Å²) in [5, 5.41) is 18.1. The number of carboxylic acid groups (broad SMARTS) is 2. The van der Waals surface area contributed by atoms with E-state index in [1.807, 2.05) is 39.0 Å². The quantitative estimate of drug-likeness (QED) is 0.211. The van der Waals surface area contributed by atoms with Gasteiger partial charge in [-0.1, -0.05) is 13.8 Å². The van der Waals surface area contributed by atoms with Crippen molar-refractivity contribution < 1.29 is 34.0 Å². The Morgan fingerprint density at radius 3 is 1.51 bits per heavy atom. The third kappa shape index (κ3) is 7.13. The molecule has 0 fully saturated rings. The molecule has 4 rings (SSSR count). The summed E-state index contributed by atoms with van der Waals surface area (Å²) in [7, 11) is 4.67. The van der Waals surface area contributed by atoms with Gasteiger partial charge >= 0.3 is 11.9 Å². The molecule has 4 aromatic rings. The van der Waals surface area contributed by atoms with Crippen molar-refractivity contribution in [1.29, 1.82) is 0 Å². The lowest BCUT2D eigenvalue weighted by molar-refractivity contribution is 0.0684. The highest BCUT2D eigenvalue weighted by Crippen LogP contribution is 2.34. The first-order chi connectivity index (χ1) is 20.5. The second-order valence-corrected chi connectivity index (χ2v) is 9.39. The molecule has 11 heteroatoms. The lowest BCUT2D eigenvalue weighted by Crippen LogP contribution is -2.19. The number of rotatable bonds is 9. The number of nitrogens with one attached hydrogen (secondary N) is 2.